The number of aromatic amines is 1. The molecule has 0 amide bonds. The van der Waals surface area contributed by atoms with Crippen LogP contribution in [0.1, 0.15) is 24.1 Å². The lowest BCUT2D eigenvalue weighted by molar-refractivity contribution is 0.310. The first kappa shape index (κ1) is 24.5. The number of imidazole rings is 1. The fourth-order valence-electron chi connectivity index (χ4n) is 4.20. The summed E-state index contributed by atoms with van der Waals surface area (Å²) in [7, 11) is -2.00. The van der Waals surface area contributed by atoms with Crippen molar-refractivity contribution in [1.29, 1.82) is 0 Å². The number of sulfone groups is 1. The van der Waals surface area contributed by atoms with E-state index in [0.29, 0.717) is 45.9 Å². The van der Waals surface area contributed by atoms with E-state index in [-0.39, 0.29) is 11.4 Å². The maximum atomic E-state index is 14.4. The van der Waals surface area contributed by atoms with Crippen molar-refractivity contribution in [3.63, 3.8) is 0 Å². The molecule has 0 aliphatic rings. The quantitative estimate of drug-likeness (QED) is 0.395. The summed E-state index contributed by atoms with van der Waals surface area (Å²) in [5.74, 6) is 0.177. The third-order valence-corrected chi connectivity index (χ3v) is 6.73. The topological polar surface area (TPSA) is 103 Å². The third-order valence-electron chi connectivity index (χ3n) is 5.81. The van der Waals surface area contributed by atoms with Crippen LogP contribution in [0.15, 0.2) is 53.5 Å². The number of nitrogens with zero attached hydrogens (tertiary/aromatic N) is 2. The lowest BCUT2D eigenvalue weighted by Gasteiger charge is -2.20. The van der Waals surface area contributed by atoms with Gasteiger partial charge >= 0.3 is 5.69 Å². The van der Waals surface area contributed by atoms with Crippen molar-refractivity contribution in [2.45, 2.75) is 19.9 Å². The monoisotopic (exact) mass is 499 g/mol. The number of H-pyrrole nitrogens is 1. The summed E-state index contributed by atoms with van der Waals surface area (Å²) in [6.07, 6.45) is 2.61. The Morgan fingerprint density at radius 3 is 2.54 bits per heavy atom. The summed E-state index contributed by atoms with van der Waals surface area (Å²) in [5.41, 5.74) is 2.22. The van der Waals surface area contributed by atoms with E-state index in [0.717, 1.165) is 6.26 Å². The second-order valence-electron chi connectivity index (χ2n) is 8.23. The van der Waals surface area contributed by atoms with Crippen molar-refractivity contribution >= 4 is 21.0 Å². The Labute approximate surface area is 202 Å². The van der Waals surface area contributed by atoms with E-state index < -0.39 is 27.4 Å². The predicted octanol–water partition coefficient (Wildman–Crippen LogP) is 3.88. The van der Waals surface area contributed by atoms with Gasteiger partial charge in [-0.25, -0.2) is 22.6 Å². The summed E-state index contributed by atoms with van der Waals surface area (Å²) >= 11 is 0. The molecule has 2 heterocycles. The summed E-state index contributed by atoms with van der Waals surface area (Å²) in [6, 6.07) is 10.5. The van der Waals surface area contributed by atoms with Crippen molar-refractivity contribution in [3.05, 3.63) is 76.1 Å². The Balaban J connectivity index is 1.94. The Bertz CT molecular complexity index is 1560. The molecule has 0 fully saturated rings. The standard InChI is InChI=1S/C25H26FN3O5S/c1-5-34-22-12-16(10-11-21(22)33-3)20(14-35(4,31)32)29-24-23(28-25(29)30)15(2)18(13-27-24)17-8-6-7-9-19(17)26/h6-13,20H,5,14H2,1-4H3,(H,28,30). The van der Waals surface area contributed by atoms with Crippen molar-refractivity contribution in [1.82, 2.24) is 14.5 Å². The first-order valence-corrected chi connectivity index (χ1v) is 13.0. The SMILES string of the molecule is CCOc1cc(C(CS(C)(=O)=O)n2c(=O)[nH]c3c(C)c(-c4ccccc4F)cnc32)ccc1OC. The van der Waals surface area contributed by atoms with Crippen molar-refractivity contribution in [2.75, 3.05) is 25.7 Å². The average molecular weight is 500 g/mol. The number of ether oxygens (including phenoxy) is 2. The van der Waals surface area contributed by atoms with Gasteiger partial charge in [-0.2, -0.15) is 0 Å². The van der Waals surface area contributed by atoms with Gasteiger partial charge in [-0.3, -0.25) is 4.57 Å². The number of pyridine rings is 1. The molecule has 0 aliphatic carbocycles. The average Bonchev–Trinajstić information content (AvgIpc) is 3.15. The van der Waals surface area contributed by atoms with Crippen LogP contribution in [0.3, 0.4) is 0 Å². The smallest absolute Gasteiger partial charge is 0.328 e. The maximum Gasteiger partial charge on any atom is 0.328 e. The number of nitrogens with one attached hydrogen (secondary N) is 1. The van der Waals surface area contributed by atoms with Gasteiger partial charge in [0.25, 0.3) is 0 Å². The number of benzene rings is 2. The zero-order valence-electron chi connectivity index (χ0n) is 19.8. The van der Waals surface area contributed by atoms with Crippen LogP contribution in [-0.4, -0.2) is 48.7 Å². The van der Waals surface area contributed by atoms with Gasteiger partial charge < -0.3 is 14.5 Å². The van der Waals surface area contributed by atoms with Gasteiger partial charge in [0.1, 0.15) is 15.7 Å². The van der Waals surface area contributed by atoms with Crippen LogP contribution in [0.25, 0.3) is 22.3 Å². The number of hydrogen-bond acceptors (Lipinski definition) is 6. The number of aryl methyl sites for hydroxylation is 1. The summed E-state index contributed by atoms with van der Waals surface area (Å²) in [5, 5.41) is 0. The van der Waals surface area contributed by atoms with E-state index in [1.165, 1.54) is 23.9 Å². The van der Waals surface area contributed by atoms with Crippen molar-refractivity contribution in [2.24, 2.45) is 0 Å². The van der Waals surface area contributed by atoms with Crippen LogP contribution in [0.4, 0.5) is 4.39 Å². The molecule has 10 heteroatoms. The fourth-order valence-corrected chi connectivity index (χ4v) is 5.12. The number of hydrogen-bond donors (Lipinski definition) is 1. The summed E-state index contributed by atoms with van der Waals surface area (Å²) in [4.78, 5) is 20.4. The number of fused-ring (bicyclic) bond motifs is 1. The molecule has 0 radical (unpaired) electrons. The van der Waals surface area contributed by atoms with E-state index in [4.69, 9.17) is 9.47 Å². The highest BCUT2D eigenvalue weighted by Crippen LogP contribution is 2.34. The van der Waals surface area contributed by atoms with Gasteiger partial charge in [0, 0.05) is 23.6 Å². The number of aromatic nitrogens is 3. The minimum absolute atomic E-state index is 0.273. The molecule has 0 spiro atoms. The first-order valence-electron chi connectivity index (χ1n) is 11.0. The molecular weight excluding hydrogens is 473 g/mol. The van der Waals surface area contributed by atoms with Crippen LogP contribution in [0, 0.1) is 12.7 Å². The van der Waals surface area contributed by atoms with Crippen LogP contribution in [-0.2, 0) is 9.84 Å². The Kier molecular flexibility index (Phi) is 6.66. The molecule has 0 bridgehead atoms. The molecule has 0 aliphatic heterocycles. The summed E-state index contributed by atoms with van der Waals surface area (Å²) < 4.78 is 51.5. The molecule has 35 heavy (non-hydrogen) atoms. The predicted molar refractivity (Wildman–Crippen MR) is 132 cm³/mol. The van der Waals surface area contributed by atoms with E-state index in [9.17, 15) is 17.6 Å². The molecule has 2 aromatic heterocycles. The second kappa shape index (κ2) is 9.53. The van der Waals surface area contributed by atoms with Gasteiger partial charge in [-0.05, 0) is 43.2 Å². The first-order chi connectivity index (χ1) is 16.6. The largest absolute Gasteiger partial charge is 0.493 e. The number of methoxy groups -OCH3 is 1. The highest BCUT2D eigenvalue weighted by Gasteiger charge is 2.26. The molecule has 0 saturated heterocycles. The van der Waals surface area contributed by atoms with E-state index in [1.54, 1.807) is 43.3 Å². The second-order valence-corrected chi connectivity index (χ2v) is 10.4. The van der Waals surface area contributed by atoms with Crippen molar-refractivity contribution < 1.29 is 22.3 Å². The number of halogens is 1. The summed E-state index contributed by atoms with van der Waals surface area (Å²) in [6.45, 7) is 3.96. The van der Waals surface area contributed by atoms with Crippen LogP contribution >= 0.6 is 0 Å². The van der Waals surface area contributed by atoms with Crippen LogP contribution < -0.4 is 15.2 Å². The Hall–Kier alpha value is -3.66. The lowest BCUT2D eigenvalue weighted by Crippen LogP contribution is -2.28. The fraction of sp³-hybridized carbons (Fsp3) is 0.280. The maximum absolute atomic E-state index is 14.4. The zero-order chi connectivity index (χ0) is 25.3. The third kappa shape index (κ3) is 4.79. The van der Waals surface area contributed by atoms with Gasteiger partial charge in [-0.15, -0.1) is 0 Å². The molecule has 1 N–H and O–H groups in total. The molecule has 4 rings (SSSR count). The highest BCUT2D eigenvalue weighted by atomic mass is 32.2. The highest BCUT2D eigenvalue weighted by molar-refractivity contribution is 7.90. The molecule has 4 aromatic rings. The van der Waals surface area contributed by atoms with Gasteiger partial charge in [-0.1, -0.05) is 24.3 Å². The molecule has 0 saturated carbocycles. The zero-order valence-corrected chi connectivity index (χ0v) is 20.6. The van der Waals surface area contributed by atoms with Gasteiger partial charge in [0.05, 0.1) is 31.0 Å². The van der Waals surface area contributed by atoms with Gasteiger partial charge in [0.15, 0.2) is 17.1 Å². The number of rotatable bonds is 8. The molecule has 2 aromatic carbocycles. The lowest BCUT2D eigenvalue weighted by atomic mass is 10.0. The van der Waals surface area contributed by atoms with Gasteiger partial charge in [0.2, 0.25) is 0 Å². The molecular formula is C25H26FN3O5S. The van der Waals surface area contributed by atoms with Crippen LogP contribution in [0.2, 0.25) is 0 Å². The van der Waals surface area contributed by atoms with Crippen LogP contribution in [0.5, 0.6) is 11.5 Å². The minimum atomic E-state index is -3.51. The van der Waals surface area contributed by atoms with E-state index >= 15 is 0 Å². The normalized spacial score (nSPS) is 12.6. The van der Waals surface area contributed by atoms with Crippen molar-refractivity contribution in [3.8, 4) is 22.6 Å². The molecule has 8 nitrogen and oxygen atoms in total. The molecule has 184 valence electrons. The minimum Gasteiger partial charge on any atom is -0.493 e. The molecule has 1 unspecified atom stereocenters. The molecule has 1 atom stereocenters. The van der Waals surface area contributed by atoms with E-state index in [1.807, 2.05) is 6.92 Å². The Morgan fingerprint density at radius 2 is 1.89 bits per heavy atom. The Morgan fingerprint density at radius 1 is 1.14 bits per heavy atom. The van der Waals surface area contributed by atoms with E-state index in [2.05, 4.69) is 9.97 Å².